The number of esters is 1. The lowest BCUT2D eigenvalue weighted by molar-refractivity contribution is -0.168. The first-order valence-corrected chi connectivity index (χ1v) is 14.2. The van der Waals surface area contributed by atoms with Crippen molar-refractivity contribution in [1.82, 2.24) is 19.5 Å². The molecule has 0 radical (unpaired) electrons. The van der Waals surface area contributed by atoms with E-state index in [1.165, 1.54) is 33.6 Å². The predicted molar refractivity (Wildman–Crippen MR) is 140 cm³/mol. The third-order valence-electron chi connectivity index (χ3n) is 5.46. The summed E-state index contributed by atoms with van der Waals surface area (Å²) in [4.78, 5) is 36.9. The Balaban J connectivity index is 2.29. The van der Waals surface area contributed by atoms with E-state index in [0.717, 1.165) is 0 Å². The number of rotatable bonds is 17. The number of nitrogen functional groups attached to an aromatic ring is 1. The van der Waals surface area contributed by atoms with E-state index >= 15 is 0 Å². The molecule has 3 N–H and O–H groups in total. The van der Waals surface area contributed by atoms with Crippen LogP contribution in [0.2, 0.25) is 0 Å². The fraction of sp³-hybridized carbons (Fsp3) is 0.696. The second-order valence-electron chi connectivity index (χ2n) is 9.47. The Hall–Kier alpha value is -2.88. The largest absolute Gasteiger partial charge is 0.510 e. The van der Waals surface area contributed by atoms with Gasteiger partial charge in [0.2, 0.25) is 6.79 Å². The molecule has 16 nitrogen and oxygen atoms in total. The summed E-state index contributed by atoms with van der Waals surface area (Å²) in [5, 5.41) is 9.14. The lowest BCUT2D eigenvalue weighted by Crippen LogP contribution is -2.42. The summed E-state index contributed by atoms with van der Waals surface area (Å²) in [6.07, 6.45) is 0.201. The Morgan fingerprint density at radius 2 is 1.85 bits per heavy atom. The average Bonchev–Trinajstić information content (AvgIpc) is 3.29. The molecule has 2 rings (SSSR count). The van der Waals surface area contributed by atoms with Gasteiger partial charge in [0.1, 0.15) is 18.2 Å². The molecule has 2 unspecified atom stereocenters. The van der Waals surface area contributed by atoms with Crippen molar-refractivity contribution >= 4 is 36.5 Å². The van der Waals surface area contributed by atoms with E-state index in [4.69, 9.17) is 43.8 Å². The number of nitrogens with zero attached hydrogens (tertiary/aromatic N) is 4. The van der Waals surface area contributed by atoms with Gasteiger partial charge in [-0.2, -0.15) is 0 Å². The number of carbonyl (C=O) groups excluding carboxylic acids is 2. The van der Waals surface area contributed by atoms with Gasteiger partial charge >= 0.3 is 12.1 Å². The third kappa shape index (κ3) is 9.08. The lowest BCUT2D eigenvalue weighted by Gasteiger charge is -2.36. The molecule has 0 spiro atoms. The molecule has 0 aliphatic rings. The highest BCUT2D eigenvalue weighted by Gasteiger charge is 2.51. The van der Waals surface area contributed by atoms with Crippen LogP contribution in [0.1, 0.15) is 34.6 Å². The van der Waals surface area contributed by atoms with Crippen molar-refractivity contribution < 1.29 is 52.2 Å². The van der Waals surface area contributed by atoms with Gasteiger partial charge in [0, 0.05) is 7.11 Å². The quantitative estimate of drug-likeness (QED) is 0.117. The second kappa shape index (κ2) is 15.2. The topological polar surface area (TPSA) is 206 Å². The van der Waals surface area contributed by atoms with E-state index in [9.17, 15) is 14.2 Å². The van der Waals surface area contributed by atoms with Crippen LogP contribution in [0, 0.1) is 5.41 Å². The number of anilines is 1. The second-order valence-corrected chi connectivity index (χ2v) is 11.9. The number of methoxy groups -OCH3 is 1. The van der Waals surface area contributed by atoms with Crippen molar-refractivity contribution in [3.8, 4) is 0 Å². The number of carbonyl (C=O) groups is 2. The van der Waals surface area contributed by atoms with Gasteiger partial charge in [-0.3, -0.25) is 13.9 Å². The summed E-state index contributed by atoms with van der Waals surface area (Å²) in [6, 6.07) is 0. The molecule has 0 amide bonds. The number of fused-ring (bicyclic) bond motifs is 1. The Bertz CT molecular complexity index is 1160. The number of nitrogens with two attached hydrogens (primary N) is 1. The van der Waals surface area contributed by atoms with Crippen LogP contribution in [0.3, 0.4) is 0 Å². The molecule has 0 aliphatic heterocycles. The molecule has 0 saturated heterocycles. The molecule has 40 heavy (non-hydrogen) atoms. The first-order chi connectivity index (χ1) is 18.9. The number of aliphatic hydroxyl groups is 1. The molecule has 0 fully saturated rings. The molecule has 0 bridgehead atoms. The normalized spacial score (nSPS) is 15.0. The minimum Gasteiger partial charge on any atom is -0.438 e. The van der Waals surface area contributed by atoms with Gasteiger partial charge in [0.05, 0.1) is 43.7 Å². The van der Waals surface area contributed by atoms with Crippen LogP contribution in [-0.2, 0) is 48.8 Å². The number of hydrogen-bond acceptors (Lipinski definition) is 15. The molecule has 226 valence electrons. The van der Waals surface area contributed by atoms with Crippen LogP contribution in [0.15, 0.2) is 12.7 Å². The molecule has 0 aliphatic carbocycles. The number of hydrogen-bond donors (Lipinski definition) is 2. The van der Waals surface area contributed by atoms with Crippen LogP contribution < -0.4 is 5.73 Å². The Kier molecular flexibility index (Phi) is 12.7. The SMILES string of the molecule is COCCOC(C(C)(C)C(=O)OCO)P(=O)(CO[C@H](C)Cn1cnc2c(N)ncnc21)OCOC(=O)OC(C)C. The van der Waals surface area contributed by atoms with E-state index in [1.54, 1.807) is 25.3 Å². The highest BCUT2D eigenvalue weighted by Crippen LogP contribution is 2.58. The van der Waals surface area contributed by atoms with Gasteiger partial charge in [0.25, 0.3) is 7.37 Å². The average molecular weight is 592 g/mol. The van der Waals surface area contributed by atoms with E-state index in [1.807, 2.05) is 0 Å². The van der Waals surface area contributed by atoms with Gasteiger partial charge in [0.15, 0.2) is 24.1 Å². The molecule has 0 aromatic carbocycles. The fourth-order valence-electron chi connectivity index (χ4n) is 3.56. The van der Waals surface area contributed by atoms with Crippen LogP contribution >= 0.6 is 7.37 Å². The minimum atomic E-state index is -4.14. The summed E-state index contributed by atoms with van der Waals surface area (Å²) < 4.78 is 52.9. The summed E-state index contributed by atoms with van der Waals surface area (Å²) >= 11 is 0. The summed E-state index contributed by atoms with van der Waals surface area (Å²) in [5.74, 6) is -2.14. The van der Waals surface area contributed by atoms with Gasteiger partial charge in [-0.1, -0.05) is 0 Å². The zero-order valence-electron chi connectivity index (χ0n) is 23.5. The van der Waals surface area contributed by atoms with Crippen molar-refractivity contribution in [2.75, 3.05) is 46.0 Å². The number of ether oxygens (including phenoxy) is 6. The highest BCUT2D eigenvalue weighted by atomic mass is 31.2. The zero-order chi connectivity index (χ0) is 29.9. The molecule has 0 saturated carbocycles. The molecular formula is C23H38N5O11P. The maximum atomic E-state index is 14.4. The number of imidazole rings is 1. The molecule has 2 heterocycles. The monoisotopic (exact) mass is 591 g/mol. The standard InChI is InChI=1S/C23H38N5O11P/c1-15(2)39-22(31)36-13-38-40(32,21(34-8-7-33-6)23(4,5)20(30)35-12-29)14-37-16(3)9-28-11-27-17-18(24)25-10-26-19(17)28/h10-11,15-16,21,29H,7-9,12-14H2,1-6H3,(H2,24,25,26)/t16-,21?,40?/m1/s1. The van der Waals surface area contributed by atoms with Crippen LogP contribution in [0.5, 0.6) is 0 Å². The van der Waals surface area contributed by atoms with Crippen molar-refractivity contribution in [3.63, 3.8) is 0 Å². The fourth-order valence-corrected chi connectivity index (χ4v) is 6.02. The maximum absolute atomic E-state index is 14.4. The third-order valence-corrected chi connectivity index (χ3v) is 8.02. The van der Waals surface area contributed by atoms with Gasteiger partial charge in [-0.15, -0.1) is 0 Å². The Labute approximate surface area is 231 Å². The Morgan fingerprint density at radius 3 is 2.50 bits per heavy atom. The van der Waals surface area contributed by atoms with E-state index in [-0.39, 0.29) is 25.6 Å². The maximum Gasteiger partial charge on any atom is 0.510 e. The van der Waals surface area contributed by atoms with E-state index in [0.29, 0.717) is 11.2 Å². The molecule has 2 aromatic heterocycles. The van der Waals surface area contributed by atoms with E-state index < -0.39 is 62.9 Å². The van der Waals surface area contributed by atoms with Gasteiger partial charge in [-0.25, -0.2) is 19.7 Å². The summed E-state index contributed by atoms with van der Waals surface area (Å²) in [6.45, 7) is 6.38. The molecular weight excluding hydrogens is 553 g/mol. The molecule has 2 aromatic rings. The molecule has 3 atom stereocenters. The van der Waals surface area contributed by atoms with Crippen LogP contribution in [0.4, 0.5) is 10.6 Å². The predicted octanol–water partition coefficient (Wildman–Crippen LogP) is 2.09. The summed E-state index contributed by atoms with van der Waals surface area (Å²) in [7, 11) is -2.70. The van der Waals surface area contributed by atoms with Crippen LogP contribution in [-0.4, -0.2) is 95.1 Å². The Morgan fingerprint density at radius 1 is 1.12 bits per heavy atom. The number of aliphatic hydroxyl groups excluding tert-OH is 1. The van der Waals surface area contributed by atoms with Crippen molar-refractivity contribution in [2.45, 2.75) is 59.2 Å². The molecule has 17 heteroatoms. The van der Waals surface area contributed by atoms with Gasteiger partial charge < -0.3 is 43.8 Å². The van der Waals surface area contributed by atoms with E-state index in [2.05, 4.69) is 15.0 Å². The first-order valence-electron chi connectivity index (χ1n) is 12.3. The number of aromatic nitrogens is 4. The van der Waals surface area contributed by atoms with Crippen molar-refractivity contribution in [3.05, 3.63) is 12.7 Å². The van der Waals surface area contributed by atoms with Crippen LogP contribution in [0.25, 0.3) is 11.2 Å². The smallest absolute Gasteiger partial charge is 0.438 e. The highest BCUT2D eigenvalue weighted by molar-refractivity contribution is 7.59. The lowest BCUT2D eigenvalue weighted by atomic mass is 9.95. The van der Waals surface area contributed by atoms with Crippen molar-refractivity contribution in [1.29, 1.82) is 0 Å². The first kappa shape index (κ1) is 33.3. The summed E-state index contributed by atoms with van der Waals surface area (Å²) in [5.41, 5.74) is 5.14. The van der Waals surface area contributed by atoms with Crippen molar-refractivity contribution in [2.24, 2.45) is 5.41 Å². The van der Waals surface area contributed by atoms with Gasteiger partial charge in [-0.05, 0) is 34.6 Å². The zero-order valence-corrected chi connectivity index (χ0v) is 24.4. The minimum absolute atomic E-state index is 0.0711.